The van der Waals surface area contributed by atoms with E-state index in [0.717, 1.165) is 6.42 Å². The molecule has 6 nitrogen and oxygen atoms in total. The molecular weight excluding hydrogens is 278 g/mol. The van der Waals surface area contributed by atoms with Crippen LogP contribution < -0.4 is 5.73 Å². The second-order valence-corrected chi connectivity index (χ2v) is 6.71. The lowest BCUT2D eigenvalue weighted by Gasteiger charge is -2.30. The topological polar surface area (TPSA) is 75.9 Å². The van der Waals surface area contributed by atoms with Crippen molar-refractivity contribution < 1.29 is 13.2 Å². The number of rotatable bonds is 3. The summed E-state index contributed by atoms with van der Waals surface area (Å²) in [5.74, 6) is 0.283. The normalized spacial score (nSPS) is 28.9. The second kappa shape index (κ2) is 6.49. The summed E-state index contributed by atoms with van der Waals surface area (Å²) < 4.78 is 32.9. The molecule has 8 heteroatoms. The van der Waals surface area contributed by atoms with Gasteiger partial charge in [-0.2, -0.15) is 17.0 Å². The lowest BCUT2D eigenvalue weighted by atomic mass is 10.0. The molecule has 2 N–H and O–H groups in total. The van der Waals surface area contributed by atoms with Crippen molar-refractivity contribution >= 4 is 22.6 Å². The number of halogens is 1. The van der Waals surface area contributed by atoms with Crippen molar-refractivity contribution in [2.24, 2.45) is 11.7 Å². The Kier molecular flexibility index (Phi) is 5.82. The predicted octanol–water partition coefficient (Wildman–Crippen LogP) is -0.346. The highest BCUT2D eigenvalue weighted by atomic mass is 35.5. The molecule has 2 aliphatic heterocycles. The molecule has 2 atom stereocenters. The summed E-state index contributed by atoms with van der Waals surface area (Å²) in [6.45, 7) is 4.98. The summed E-state index contributed by atoms with van der Waals surface area (Å²) in [6, 6.07) is 0.0555. The zero-order valence-corrected chi connectivity index (χ0v) is 12.3. The minimum absolute atomic E-state index is 0. The van der Waals surface area contributed by atoms with E-state index in [-0.39, 0.29) is 24.4 Å². The molecule has 0 amide bonds. The molecule has 108 valence electrons. The third-order valence-electron chi connectivity index (χ3n) is 3.55. The van der Waals surface area contributed by atoms with E-state index in [2.05, 4.69) is 0 Å². The van der Waals surface area contributed by atoms with Crippen LogP contribution in [0.4, 0.5) is 0 Å². The van der Waals surface area contributed by atoms with Gasteiger partial charge in [-0.25, -0.2) is 0 Å². The SMILES string of the molecule is CC(N)C1CCN(S(=O)(=O)N2CCOCC2)C1.Cl. The minimum Gasteiger partial charge on any atom is -0.379 e. The molecule has 0 radical (unpaired) electrons. The van der Waals surface area contributed by atoms with Gasteiger partial charge in [0.1, 0.15) is 0 Å². The maximum atomic E-state index is 12.3. The fourth-order valence-corrected chi connectivity index (χ4v) is 3.99. The van der Waals surface area contributed by atoms with Crippen LogP contribution in [-0.2, 0) is 14.9 Å². The van der Waals surface area contributed by atoms with Crippen LogP contribution in [0.1, 0.15) is 13.3 Å². The largest absolute Gasteiger partial charge is 0.379 e. The first-order valence-electron chi connectivity index (χ1n) is 6.10. The fraction of sp³-hybridized carbons (Fsp3) is 1.00. The molecule has 2 heterocycles. The molecule has 0 saturated carbocycles. The van der Waals surface area contributed by atoms with E-state index in [0.29, 0.717) is 39.4 Å². The molecule has 18 heavy (non-hydrogen) atoms. The third-order valence-corrected chi connectivity index (χ3v) is 5.56. The zero-order chi connectivity index (χ0) is 12.5. The molecule has 0 aromatic heterocycles. The summed E-state index contributed by atoms with van der Waals surface area (Å²) in [4.78, 5) is 0. The van der Waals surface area contributed by atoms with E-state index >= 15 is 0 Å². The summed E-state index contributed by atoms with van der Waals surface area (Å²) in [7, 11) is -3.30. The Balaban J connectivity index is 0.00000162. The molecule has 0 aliphatic carbocycles. The molecule has 2 rings (SSSR count). The van der Waals surface area contributed by atoms with Crippen LogP contribution in [0.25, 0.3) is 0 Å². The fourth-order valence-electron chi connectivity index (χ4n) is 2.33. The van der Waals surface area contributed by atoms with Gasteiger partial charge < -0.3 is 10.5 Å². The Bertz CT molecular complexity index is 357. The number of ether oxygens (including phenoxy) is 1. The highest BCUT2D eigenvalue weighted by molar-refractivity contribution is 7.86. The molecule has 2 unspecified atom stereocenters. The summed E-state index contributed by atoms with van der Waals surface area (Å²) in [5, 5.41) is 0. The average Bonchev–Trinajstić information content (AvgIpc) is 2.80. The van der Waals surface area contributed by atoms with Crippen molar-refractivity contribution in [3.8, 4) is 0 Å². The number of morpholine rings is 1. The Morgan fingerprint density at radius 3 is 2.33 bits per heavy atom. The monoisotopic (exact) mass is 299 g/mol. The molecule has 2 fully saturated rings. The second-order valence-electron chi connectivity index (χ2n) is 4.79. The van der Waals surface area contributed by atoms with Gasteiger partial charge in [0.25, 0.3) is 10.2 Å². The smallest absolute Gasteiger partial charge is 0.282 e. The third kappa shape index (κ3) is 3.34. The standard InChI is InChI=1S/C10H21N3O3S.ClH/c1-9(11)10-2-3-13(8-10)17(14,15)12-4-6-16-7-5-12;/h9-10H,2-8,11H2,1H3;1H. The minimum atomic E-state index is -3.30. The van der Waals surface area contributed by atoms with Crippen molar-refractivity contribution in [1.82, 2.24) is 8.61 Å². The molecular formula is C10H22ClN3O3S. The van der Waals surface area contributed by atoms with Gasteiger partial charge in [0, 0.05) is 32.2 Å². The highest BCUT2D eigenvalue weighted by Crippen LogP contribution is 2.23. The lowest BCUT2D eigenvalue weighted by Crippen LogP contribution is -2.48. The van der Waals surface area contributed by atoms with Crippen molar-refractivity contribution in [3.05, 3.63) is 0 Å². The van der Waals surface area contributed by atoms with Crippen LogP contribution in [0.5, 0.6) is 0 Å². The van der Waals surface area contributed by atoms with E-state index in [9.17, 15) is 8.42 Å². The first-order chi connectivity index (χ1) is 8.01. The lowest BCUT2D eigenvalue weighted by molar-refractivity contribution is 0.0705. The van der Waals surface area contributed by atoms with E-state index in [4.69, 9.17) is 10.5 Å². The van der Waals surface area contributed by atoms with Crippen LogP contribution in [0.15, 0.2) is 0 Å². The van der Waals surface area contributed by atoms with E-state index < -0.39 is 10.2 Å². The van der Waals surface area contributed by atoms with Gasteiger partial charge in [0.15, 0.2) is 0 Å². The number of nitrogens with zero attached hydrogens (tertiary/aromatic N) is 2. The van der Waals surface area contributed by atoms with Crippen molar-refractivity contribution in [2.75, 3.05) is 39.4 Å². The predicted molar refractivity (Wildman–Crippen MR) is 71.9 cm³/mol. The molecule has 0 spiro atoms. The van der Waals surface area contributed by atoms with Crippen LogP contribution in [0.3, 0.4) is 0 Å². The quantitative estimate of drug-likeness (QED) is 0.773. The van der Waals surface area contributed by atoms with Crippen LogP contribution in [-0.4, -0.2) is 62.5 Å². The van der Waals surface area contributed by atoms with Gasteiger partial charge in [-0.15, -0.1) is 12.4 Å². The van der Waals surface area contributed by atoms with Gasteiger partial charge in [-0.1, -0.05) is 0 Å². The summed E-state index contributed by atoms with van der Waals surface area (Å²) in [5.41, 5.74) is 5.83. The zero-order valence-electron chi connectivity index (χ0n) is 10.6. The van der Waals surface area contributed by atoms with E-state index in [1.807, 2.05) is 6.92 Å². The Morgan fingerprint density at radius 1 is 1.22 bits per heavy atom. The number of nitrogens with two attached hydrogens (primary N) is 1. The van der Waals surface area contributed by atoms with Crippen LogP contribution in [0.2, 0.25) is 0 Å². The van der Waals surface area contributed by atoms with Crippen molar-refractivity contribution in [2.45, 2.75) is 19.4 Å². The Morgan fingerprint density at radius 2 is 1.83 bits per heavy atom. The average molecular weight is 300 g/mol. The van der Waals surface area contributed by atoms with E-state index in [1.165, 1.54) is 4.31 Å². The molecule has 0 aromatic rings. The maximum absolute atomic E-state index is 12.3. The Hall–Kier alpha value is 0.0800. The van der Waals surface area contributed by atoms with Gasteiger partial charge in [0.2, 0.25) is 0 Å². The van der Waals surface area contributed by atoms with Crippen molar-refractivity contribution in [1.29, 1.82) is 0 Å². The first-order valence-corrected chi connectivity index (χ1v) is 7.50. The maximum Gasteiger partial charge on any atom is 0.282 e. The van der Waals surface area contributed by atoms with Gasteiger partial charge >= 0.3 is 0 Å². The van der Waals surface area contributed by atoms with Gasteiger partial charge in [-0.3, -0.25) is 0 Å². The summed E-state index contributed by atoms with van der Waals surface area (Å²) >= 11 is 0. The molecule has 2 aliphatic rings. The van der Waals surface area contributed by atoms with Crippen LogP contribution in [0, 0.1) is 5.92 Å². The van der Waals surface area contributed by atoms with Crippen molar-refractivity contribution in [3.63, 3.8) is 0 Å². The van der Waals surface area contributed by atoms with Crippen LogP contribution >= 0.6 is 12.4 Å². The van der Waals surface area contributed by atoms with Gasteiger partial charge in [0.05, 0.1) is 13.2 Å². The van der Waals surface area contributed by atoms with E-state index in [1.54, 1.807) is 4.31 Å². The Labute approximate surface area is 115 Å². The molecule has 0 aromatic carbocycles. The van der Waals surface area contributed by atoms with Gasteiger partial charge in [-0.05, 0) is 19.3 Å². The number of hydrogen-bond donors (Lipinski definition) is 1. The summed E-state index contributed by atoms with van der Waals surface area (Å²) in [6.07, 6.45) is 0.862. The highest BCUT2D eigenvalue weighted by Gasteiger charge is 2.37. The molecule has 0 bridgehead atoms. The molecule has 2 saturated heterocycles. The number of hydrogen-bond acceptors (Lipinski definition) is 4. The first kappa shape index (κ1) is 16.1.